The molecule has 0 saturated carbocycles. The van der Waals surface area contributed by atoms with Gasteiger partial charge in [-0.1, -0.05) is 18.2 Å². The molecule has 2 aromatic heterocycles. The molecular formula is C14H11N3O4S. The van der Waals surface area contributed by atoms with Crippen LogP contribution in [0.15, 0.2) is 53.6 Å². The first-order valence-corrected chi connectivity index (χ1v) is 8.19. The monoisotopic (exact) mass is 317 g/mol. The standard InChI is InChI=1S/C14H11N3O4S/c1-22(20,21)11-7-5-10(6-8-11)13-14(17(18)19)16-9-3-2-4-12(16)15-13/h2-9H,1H3. The Morgan fingerprint density at radius 3 is 2.41 bits per heavy atom. The van der Waals surface area contributed by atoms with Gasteiger partial charge in [-0.3, -0.25) is 0 Å². The van der Waals surface area contributed by atoms with E-state index in [0.29, 0.717) is 11.2 Å². The molecule has 112 valence electrons. The van der Waals surface area contributed by atoms with E-state index in [0.717, 1.165) is 6.26 Å². The van der Waals surface area contributed by atoms with Crippen molar-refractivity contribution in [3.05, 3.63) is 58.8 Å². The van der Waals surface area contributed by atoms with Crippen LogP contribution in [0.3, 0.4) is 0 Å². The molecule has 0 amide bonds. The number of sulfone groups is 1. The van der Waals surface area contributed by atoms with Crippen LogP contribution < -0.4 is 0 Å². The van der Waals surface area contributed by atoms with Crippen molar-refractivity contribution >= 4 is 21.3 Å². The molecule has 0 unspecified atom stereocenters. The highest BCUT2D eigenvalue weighted by atomic mass is 32.2. The van der Waals surface area contributed by atoms with Gasteiger partial charge in [0.1, 0.15) is 0 Å². The Morgan fingerprint density at radius 1 is 1.14 bits per heavy atom. The summed E-state index contributed by atoms with van der Waals surface area (Å²) in [5.41, 5.74) is 1.15. The van der Waals surface area contributed by atoms with E-state index in [4.69, 9.17) is 0 Å². The van der Waals surface area contributed by atoms with Crippen LogP contribution in [0.2, 0.25) is 0 Å². The minimum absolute atomic E-state index is 0.150. The summed E-state index contributed by atoms with van der Waals surface area (Å²) in [6, 6.07) is 11.0. The molecule has 0 spiro atoms. The molecule has 3 rings (SSSR count). The summed E-state index contributed by atoms with van der Waals surface area (Å²) in [7, 11) is -3.31. The van der Waals surface area contributed by atoms with Crippen LogP contribution in [0.5, 0.6) is 0 Å². The van der Waals surface area contributed by atoms with Crippen LogP contribution in [-0.2, 0) is 9.84 Å². The van der Waals surface area contributed by atoms with Gasteiger partial charge < -0.3 is 10.1 Å². The summed E-state index contributed by atoms with van der Waals surface area (Å²) >= 11 is 0. The number of fused-ring (bicyclic) bond motifs is 1. The molecule has 0 aliphatic heterocycles. The second-order valence-electron chi connectivity index (χ2n) is 4.77. The zero-order valence-electron chi connectivity index (χ0n) is 11.5. The predicted molar refractivity (Wildman–Crippen MR) is 80.4 cm³/mol. The molecule has 0 bridgehead atoms. The highest BCUT2D eigenvalue weighted by molar-refractivity contribution is 7.90. The molecular weight excluding hydrogens is 306 g/mol. The lowest BCUT2D eigenvalue weighted by Crippen LogP contribution is -1.97. The lowest BCUT2D eigenvalue weighted by atomic mass is 10.1. The summed E-state index contributed by atoms with van der Waals surface area (Å²) in [6.07, 6.45) is 2.67. The molecule has 0 aliphatic rings. The number of aromatic nitrogens is 2. The first-order chi connectivity index (χ1) is 10.4. The zero-order valence-corrected chi connectivity index (χ0v) is 12.3. The first kappa shape index (κ1) is 14.2. The second-order valence-corrected chi connectivity index (χ2v) is 6.78. The average molecular weight is 317 g/mol. The summed E-state index contributed by atoms with van der Waals surface area (Å²) in [5, 5.41) is 11.3. The number of imidazole rings is 1. The van der Waals surface area contributed by atoms with Crippen molar-refractivity contribution in [2.24, 2.45) is 0 Å². The van der Waals surface area contributed by atoms with Gasteiger partial charge in [-0.15, -0.1) is 0 Å². The fourth-order valence-corrected chi connectivity index (χ4v) is 2.84. The van der Waals surface area contributed by atoms with E-state index in [1.54, 1.807) is 24.4 Å². The molecule has 22 heavy (non-hydrogen) atoms. The van der Waals surface area contributed by atoms with Crippen LogP contribution in [0, 0.1) is 10.1 Å². The average Bonchev–Trinajstić information content (AvgIpc) is 2.86. The number of hydrogen-bond donors (Lipinski definition) is 0. The Balaban J connectivity index is 2.22. The molecule has 0 fully saturated rings. The first-order valence-electron chi connectivity index (χ1n) is 6.30. The van der Waals surface area contributed by atoms with E-state index in [1.165, 1.54) is 28.7 Å². The lowest BCUT2D eigenvalue weighted by Gasteiger charge is -2.01. The SMILES string of the molecule is CS(=O)(=O)c1ccc(-c2nc3ccccn3c2[N+](=O)[O-])cc1. The van der Waals surface area contributed by atoms with Crippen molar-refractivity contribution in [2.45, 2.75) is 4.90 Å². The van der Waals surface area contributed by atoms with Crippen LogP contribution >= 0.6 is 0 Å². The van der Waals surface area contributed by atoms with Crippen molar-refractivity contribution in [2.75, 3.05) is 6.26 Å². The molecule has 2 heterocycles. The molecule has 0 atom stereocenters. The Hall–Kier alpha value is -2.74. The van der Waals surface area contributed by atoms with Crippen molar-refractivity contribution in [1.82, 2.24) is 9.38 Å². The normalized spacial score (nSPS) is 11.7. The maximum absolute atomic E-state index is 11.5. The van der Waals surface area contributed by atoms with E-state index in [2.05, 4.69) is 4.98 Å². The maximum Gasteiger partial charge on any atom is 0.355 e. The van der Waals surface area contributed by atoms with Crippen molar-refractivity contribution in [3.8, 4) is 11.3 Å². The summed E-state index contributed by atoms with van der Waals surface area (Å²) < 4.78 is 24.3. The summed E-state index contributed by atoms with van der Waals surface area (Å²) in [5.74, 6) is -0.150. The Kier molecular flexibility index (Phi) is 3.18. The summed E-state index contributed by atoms with van der Waals surface area (Å²) in [4.78, 5) is 15.3. The van der Waals surface area contributed by atoms with Gasteiger partial charge in [0.25, 0.3) is 0 Å². The number of nitrogens with zero attached hydrogens (tertiary/aromatic N) is 3. The second kappa shape index (κ2) is 4.92. The molecule has 0 radical (unpaired) electrons. The van der Waals surface area contributed by atoms with E-state index < -0.39 is 14.8 Å². The maximum atomic E-state index is 11.5. The number of nitro groups is 1. The number of pyridine rings is 1. The number of benzene rings is 1. The third-order valence-corrected chi connectivity index (χ3v) is 4.36. The minimum Gasteiger partial charge on any atom is -0.358 e. The number of hydrogen-bond acceptors (Lipinski definition) is 5. The molecule has 0 aliphatic carbocycles. The largest absolute Gasteiger partial charge is 0.358 e. The van der Waals surface area contributed by atoms with Gasteiger partial charge in [-0.25, -0.2) is 8.42 Å². The van der Waals surface area contributed by atoms with Crippen molar-refractivity contribution < 1.29 is 13.3 Å². The Morgan fingerprint density at radius 2 is 1.82 bits per heavy atom. The van der Waals surface area contributed by atoms with Crippen LogP contribution in [-0.4, -0.2) is 29.0 Å². The van der Waals surface area contributed by atoms with Gasteiger partial charge in [0, 0.05) is 17.9 Å². The van der Waals surface area contributed by atoms with Gasteiger partial charge in [0.15, 0.2) is 15.5 Å². The Bertz CT molecular complexity index is 975. The van der Waals surface area contributed by atoms with Crippen LogP contribution in [0.25, 0.3) is 16.9 Å². The van der Waals surface area contributed by atoms with Gasteiger partial charge in [-0.2, -0.15) is 9.38 Å². The van der Waals surface area contributed by atoms with Crippen molar-refractivity contribution in [1.29, 1.82) is 0 Å². The fraction of sp³-hybridized carbons (Fsp3) is 0.0714. The lowest BCUT2D eigenvalue weighted by molar-refractivity contribution is -0.389. The number of rotatable bonds is 3. The van der Waals surface area contributed by atoms with E-state index in [9.17, 15) is 18.5 Å². The van der Waals surface area contributed by atoms with Gasteiger partial charge in [0.05, 0.1) is 11.1 Å². The fourth-order valence-electron chi connectivity index (χ4n) is 2.21. The molecule has 0 N–H and O–H groups in total. The molecule has 3 aromatic rings. The van der Waals surface area contributed by atoms with E-state index in [1.807, 2.05) is 0 Å². The molecule has 0 saturated heterocycles. The third kappa shape index (κ3) is 2.33. The molecule has 8 heteroatoms. The minimum atomic E-state index is -3.31. The predicted octanol–water partition coefficient (Wildman–Crippen LogP) is 2.31. The van der Waals surface area contributed by atoms with Gasteiger partial charge in [-0.05, 0) is 23.1 Å². The van der Waals surface area contributed by atoms with Gasteiger partial charge in [0.2, 0.25) is 5.65 Å². The quantitative estimate of drug-likeness (QED) is 0.545. The van der Waals surface area contributed by atoms with E-state index >= 15 is 0 Å². The smallest absolute Gasteiger partial charge is 0.355 e. The van der Waals surface area contributed by atoms with Gasteiger partial charge >= 0.3 is 5.82 Å². The van der Waals surface area contributed by atoms with E-state index in [-0.39, 0.29) is 16.4 Å². The van der Waals surface area contributed by atoms with Crippen LogP contribution in [0.1, 0.15) is 0 Å². The molecule has 1 aromatic carbocycles. The highest BCUT2D eigenvalue weighted by Gasteiger charge is 2.23. The third-order valence-electron chi connectivity index (χ3n) is 3.23. The van der Waals surface area contributed by atoms with Crippen molar-refractivity contribution in [3.63, 3.8) is 0 Å². The summed E-state index contributed by atoms with van der Waals surface area (Å²) in [6.45, 7) is 0. The molecule has 7 nitrogen and oxygen atoms in total. The zero-order chi connectivity index (χ0) is 15.9. The van der Waals surface area contributed by atoms with Crippen LogP contribution in [0.4, 0.5) is 5.82 Å². The topological polar surface area (TPSA) is 94.6 Å². The Labute approximate surface area is 125 Å². The highest BCUT2D eigenvalue weighted by Crippen LogP contribution is 2.30.